The van der Waals surface area contributed by atoms with Crippen LogP contribution in [0.5, 0.6) is 0 Å². The molecule has 2 aromatic rings. The molecule has 0 aromatic carbocycles. The molecule has 0 spiro atoms. The first-order chi connectivity index (χ1) is 13.4. The molecule has 1 aliphatic carbocycles. The van der Waals surface area contributed by atoms with Crippen LogP contribution in [-0.4, -0.2) is 67.7 Å². The predicted molar refractivity (Wildman–Crippen MR) is 97.4 cm³/mol. The van der Waals surface area contributed by atoms with Crippen molar-refractivity contribution >= 4 is 11.8 Å². The molecule has 2 aromatic heterocycles. The van der Waals surface area contributed by atoms with E-state index in [4.69, 9.17) is 4.52 Å². The van der Waals surface area contributed by atoms with Gasteiger partial charge in [-0.2, -0.15) is 10.1 Å². The van der Waals surface area contributed by atoms with Crippen molar-refractivity contribution in [2.75, 3.05) is 26.2 Å². The SMILES string of the molecule is Cc1cc(C(=O)N2C[C@H]3CN(C(=O)C4CC4)C[C@@]3(c3nc(C)no3)C2)n(C)n1. The van der Waals surface area contributed by atoms with Crippen molar-refractivity contribution in [1.29, 1.82) is 0 Å². The molecular formula is C19H24N6O3. The fourth-order valence-electron chi connectivity index (χ4n) is 4.75. The van der Waals surface area contributed by atoms with Gasteiger partial charge in [0.2, 0.25) is 11.8 Å². The summed E-state index contributed by atoms with van der Waals surface area (Å²) >= 11 is 0. The Morgan fingerprint density at radius 1 is 1.18 bits per heavy atom. The van der Waals surface area contributed by atoms with Crippen LogP contribution in [0.4, 0.5) is 0 Å². The average molecular weight is 384 g/mol. The van der Waals surface area contributed by atoms with E-state index in [-0.39, 0.29) is 23.7 Å². The van der Waals surface area contributed by atoms with E-state index in [1.54, 1.807) is 18.7 Å². The van der Waals surface area contributed by atoms with E-state index in [1.165, 1.54) is 0 Å². The van der Waals surface area contributed by atoms with Crippen LogP contribution in [0.2, 0.25) is 0 Å². The number of carbonyl (C=O) groups is 2. The van der Waals surface area contributed by atoms with Gasteiger partial charge in [0, 0.05) is 45.1 Å². The Morgan fingerprint density at radius 3 is 2.50 bits per heavy atom. The molecule has 3 aliphatic rings. The fourth-order valence-corrected chi connectivity index (χ4v) is 4.75. The van der Waals surface area contributed by atoms with E-state index in [2.05, 4.69) is 15.2 Å². The smallest absolute Gasteiger partial charge is 0.272 e. The van der Waals surface area contributed by atoms with Gasteiger partial charge < -0.3 is 14.3 Å². The number of aryl methyl sites for hydroxylation is 3. The highest BCUT2D eigenvalue weighted by Crippen LogP contribution is 2.46. The summed E-state index contributed by atoms with van der Waals surface area (Å²) in [7, 11) is 1.78. The van der Waals surface area contributed by atoms with Crippen LogP contribution in [0, 0.1) is 25.7 Å². The minimum absolute atomic E-state index is 0.0480. The zero-order valence-corrected chi connectivity index (χ0v) is 16.4. The molecule has 0 unspecified atom stereocenters. The third-order valence-electron chi connectivity index (χ3n) is 6.31. The van der Waals surface area contributed by atoms with E-state index in [1.807, 2.05) is 22.8 Å². The van der Waals surface area contributed by atoms with Crippen molar-refractivity contribution in [3.63, 3.8) is 0 Å². The lowest BCUT2D eigenvalue weighted by Crippen LogP contribution is -2.42. The highest BCUT2D eigenvalue weighted by molar-refractivity contribution is 5.93. The summed E-state index contributed by atoms with van der Waals surface area (Å²) in [6.45, 7) is 5.86. The van der Waals surface area contributed by atoms with Crippen molar-refractivity contribution in [1.82, 2.24) is 29.7 Å². The Bertz CT molecular complexity index is 961. The Hall–Kier alpha value is -2.71. The first-order valence-corrected chi connectivity index (χ1v) is 9.77. The zero-order chi connectivity index (χ0) is 19.6. The van der Waals surface area contributed by atoms with Crippen LogP contribution in [-0.2, 0) is 17.3 Å². The molecule has 2 aliphatic heterocycles. The summed E-state index contributed by atoms with van der Waals surface area (Å²) in [6, 6.07) is 1.81. The predicted octanol–water partition coefficient (Wildman–Crippen LogP) is 0.682. The third kappa shape index (κ3) is 2.56. The van der Waals surface area contributed by atoms with Gasteiger partial charge in [-0.25, -0.2) is 0 Å². The van der Waals surface area contributed by atoms with Gasteiger partial charge in [-0.05, 0) is 32.8 Å². The van der Waals surface area contributed by atoms with Crippen molar-refractivity contribution < 1.29 is 14.1 Å². The van der Waals surface area contributed by atoms with Crippen LogP contribution in [0.15, 0.2) is 10.6 Å². The second-order valence-corrected chi connectivity index (χ2v) is 8.47. The average Bonchev–Trinajstić information content (AvgIpc) is 2.95. The first kappa shape index (κ1) is 17.4. The number of carbonyl (C=O) groups excluding carboxylic acids is 2. The molecule has 2 atom stereocenters. The lowest BCUT2D eigenvalue weighted by molar-refractivity contribution is -0.131. The van der Waals surface area contributed by atoms with Crippen LogP contribution in [0.1, 0.15) is 40.7 Å². The quantitative estimate of drug-likeness (QED) is 0.772. The van der Waals surface area contributed by atoms with Gasteiger partial charge in [-0.1, -0.05) is 5.16 Å². The van der Waals surface area contributed by atoms with E-state index >= 15 is 0 Å². The molecule has 3 fully saturated rings. The van der Waals surface area contributed by atoms with E-state index in [9.17, 15) is 9.59 Å². The van der Waals surface area contributed by atoms with Gasteiger partial charge in [0.05, 0.1) is 11.1 Å². The van der Waals surface area contributed by atoms with Gasteiger partial charge in [-0.3, -0.25) is 14.3 Å². The second kappa shape index (κ2) is 5.89. The molecule has 9 heteroatoms. The highest BCUT2D eigenvalue weighted by Gasteiger charge is 2.59. The lowest BCUT2D eigenvalue weighted by atomic mass is 9.81. The Balaban J connectivity index is 1.45. The molecule has 5 rings (SSSR count). The number of nitrogens with zero attached hydrogens (tertiary/aromatic N) is 6. The second-order valence-electron chi connectivity index (χ2n) is 8.47. The summed E-state index contributed by atoms with van der Waals surface area (Å²) in [6.07, 6.45) is 1.97. The summed E-state index contributed by atoms with van der Waals surface area (Å²) < 4.78 is 7.19. The Labute approximate surface area is 162 Å². The van der Waals surface area contributed by atoms with Gasteiger partial charge >= 0.3 is 0 Å². The molecular weight excluding hydrogens is 360 g/mol. The maximum absolute atomic E-state index is 13.1. The number of hydrogen-bond donors (Lipinski definition) is 0. The van der Waals surface area contributed by atoms with Crippen molar-refractivity contribution in [3.8, 4) is 0 Å². The number of hydrogen-bond acceptors (Lipinski definition) is 6. The maximum Gasteiger partial charge on any atom is 0.272 e. The standard InChI is InChI=1S/C19H24N6O3/c1-11-6-15(23(3)21-11)17(27)25-8-14-7-24(16(26)13-4-5-13)9-19(14,10-25)18-20-12(2)22-28-18/h6,13-14H,4-5,7-10H2,1-3H3/t14-,19-/m1/s1. The third-order valence-corrected chi connectivity index (χ3v) is 6.31. The molecule has 4 heterocycles. The largest absolute Gasteiger partial charge is 0.341 e. The Morgan fingerprint density at radius 2 is 1.89 bits per heavy atom. The maximum atomic E-state index is 13.1. The fraction of sp³-hybridized carbons (Fsp3) is 0.632. The molecule has 1 saturated carbocycles. The Kier molecular flexibility index (Phi) is 3.66. The van der Waals surface area contributed by atoms with Crippen molar-refractivity contribution in [2.45, 2.75) is 32.1 Å². The zero-order valence-electron chi connectivity index (χ0n) is 16.4. The summed E-state index contributed by atoms with van der Waals surface area (Å²) in [5.41, 5.74) is 0.892. The molecule has 0 N–H and O–H groups in total. The number of amides is 2. The number of rotatable bonds is 3. The van der Waals surface area contributed by atoms with E-state index in [0.717, 1.165) is 18.5 Å². The van der Waals surface area contributed by atoms with E-state index in [0.29, 0.717) is 43.6 Å². The molecule has 2 amide bonds. The molecule has 0 radical (unpaired) electrons. The van der Waals surface area contributed by atoms with Gasteiger partial charge in [-0.15, -0.1) is 0 Å². The molecule has 0 bridgehead atoms. The van der Waals surface area contributed by atoms with Crippen LogP contribution >= 0.6 is 0 Å². The molecule has 148 valence electrons. The van der Waals surface area contributed by atoms with Crippen molar-refractivity contribution in [2.24, 2.45) is 18.9 Å². The van der Waals surface area contributed by atoms with Crippen LogP contribution in [0.25, 0.3) is 0 Å². The molecule has 28 heavy (non-hydrogen) atoms. The highest BCUT2D eigenvalue weighted by atomic mass is 16.5. The minimum atomic E-state index is -0.491. The molecule has 2 saturated heterocycles. The van der Waals surface area contributed by atoms with Gasteiger partial charge in [0.1, 0.15) is 5.69 Å². The summed E-state index contributed by atoms with van der Waals surface area (Å²) in [4.78, 5) is 34.1. The van der Waals surface area contributed by atoms with Crippen LogP contribution in [0.3, 0.4) is 0 Å². The van der Waals surface area contributed by atoms with Crippen molar-refractivity contribution in [3.05, 3.63) is 29.2 Å². The topological polar surface area (TPSA) is 97.4 Å². The minimum Gasteiger partial charge on any atom is -0.341 e. The molecule has 9 nitrogen and oxygen atoms in total. The number of fused-ring (bicyclic) bond motifs is 1. The number of likely N-dealkylation sites (tertiary alicyclic amines) is 2. The van der Waals surface area contributed by atoms with E-state index < -0.39 is 5.41 Å². The monoisotopic (exact) mass is 384 g/mol. The first-order valence-electron chi connectivity index (χ1n) is 9.77. The van der Waals surface area contributed by atoms with Gasteiger partial charge in [0.15, 0.2) is 5.82 Å². The summed E-state index contributed by atoms with van der Waals surface area (Å²) in [5, 5.41) is 8.26. The normalized spacial score (nSPS) is 26.8. The number of aromatic nitrogens is 4. The summed E-state index contributed by atoms with van der Waals surface area (Å²) in [5.74, 6) is 1.56. The van der Waals surface area contributed by atoms with Crippen LogP contribution < -0.4 is 0 Å². The lowest BCUT2D eigenvalue weighted by Gasteiger charge is -2.26. The van der Waals surface area contributed by atoms with Gasteiger partial charge in [0.25, 0.3) is 5.91 Å².